The molecule has 2 fully saturated rings. The molecule has 0 bridgehead atoms. The fourth-order valence-corrected chi connectivity index (χ4v) is 5.17. The highest BCUT2D eigenvalue weighted by molar-refractivity contribution is 7.99. The molecule has 0 radical (unpaired) electrons. The number of ether oxygens (including phenoxy) is 1. The second-order valence-electron chi connectivity index (χ2n) is 6.71. The second-order valence-corrected chi connectivity index (χ2v) is 7.74. The molecule has 4 rings (SSSR count). The minimum Gasteiger partial charge on any atom is -0.464 e. The van der Waals surface area contributed by atoms with Gasteiger partial charge in [-0.25, -0.2) is 19.7 Å². The van der Waals surface area contributed by atoms with Crippen LogP contribution in [0.25, 0.3) is 11.2 Å². The number of aromatic nitrogens is 4. The normalized spacial score (nSPS) is 26.4. The topological polar surface area (TPSA) is 93.4 Å². The molecule has 26 heavy (non-hydrogen) atoms. The monoisotopic (exact) mass is 377 g/mol. The molecular weight excluding hydrogens is 354 g/mol. The number of fused-ring (bicyclic) bond motifs is 1. The lowest BCUT2D eigenvalue weighted by molar-refractivity contribution is -0.157. The number of piperidine rings is 1. The van der Waals surface area contributed by atoms with Crippen molar-refractivity contribution >= 4 is 34.7 Å². The summed E-state index contributed by atoms with van der Waals surface area (Å²) < 4.78 is 7.00. The van der Waals surface area contributed by atoms with Crippen molar-refractivity contribution in [3.05, 3.63) is 12.7 Å². The van der Waals surface area contributed by atoms with Crippen molar-refractivity contribution in [3.8, 4) is 0 Å². The Balaban J connectivity index is 1.82. The van der Waals surface area contributed by atoms with E-state index in [-0.39, 0.29) is 6.61 Å². The molecule has 9 heteroatoms. The Labute approximate surface area is 156 Å². The number of aliphatic hydroxyl groups is 1. The number of nitrogens with zero attached hydrogens (tertiary/aromatic N) is 5. The van der Waals surface area contributed by atoms with Gasteiger partial charge in [0, 0.05) is 24.6 Å². The molecule has 0 amide bonds. The zero-order valence-electron chi connectivity index (χ0n) is 14.8. The van der Waals surface area contributed by atoms with Crippen LogP contribution in [-0.2, 0) is 15.1 Å². The summed E-state index contributed by atoms with van der Waals surface area (Å²) in [5.41, 5.74) is 0.0421. The van der Waals surface area contributed by atoms with E-state index in [0.717, 1.165) is 31.7 Å². The number of carbonyl (C=O) groups excluding carboxylic acids is 1. The molecule has 140 valence electrons. The average molecular weight is 377 g/mol. The summed E-state index contributed by atoms with van der Waals surface area (Å²) in [6.07, 6.45) is 5.76. The van der Waals surface area contributed by atoms with E-state index in [1.165, 1.54) is 24.5 Å². The maximum Gasteiger partial charge on any atom is 0.336 e. The molecule has 2 aromatic rings. The Morgan fingerprint density at radius 3 is 2.85 bits per heavy atom. The summed E-state index contributed by atoms with van der Waals surface area (Å²) in [6.45, 7) is 3.92. The van der Waals surface area contributed by atoms with E-state index < -0.39 is 17.6 Å². The summed E-state index contributed by atoms with van der Waals surface area (Å²) in [6, 6.07) is 0. The molecule has 2 aliphatic heterocycles. The Morgan fingerprint density at radius 2 is 2.15 bits per heavy atom. The van der Waals surface area contributed by atoms with Gasteiger partial charge in [0.1, 0.15) is 6.33 Å². The van der Waals surface area contributed by atoms with Crippen molar-refractivity contribution in [2.75, 3.05) is 36.1 Å². The summed E-state index contributed by atoms with van der Waals surface area (Å²) in [5, 5.41) is 10.7. The first kappa shape index (κ1) is 17.5. The standard InChI is InChI=1S/C17H23N5O3S/c1-2-25-16(24)17(9-26-8-12(17)23)22-11-20-13-14(18-10-19-15(13)22)21-6-4-3-5-7-21/h10-12,23H,2-9H2,1H3. The first-order valence-corrected chi connectivity index (χ1v) is 10.2. The fourth-order valence-electron chi connectivity index (χ4n) is 3.79. The van der Waals surface area contributed by atoms with Gasteiger partial charge < -0.3 is 14.7 Å². The van der Waals surface area contributed by atoms with Crippen molar-refractivity contribution < 1.29 is 14.6 Å². The van der Waals surface area contributed by atoms with Crippen LogP contribution in [0.15, 0.2) is 12.7 Å². The molecule has 2 saturated heterocycles. The second kappa shape index (κ2) is 7.03. The maximum atomic E-state index is 12.8. The van der Waals surface area contributed by atoms with Gasteiger partial charge in [-0.15, -0.1) is 0 Å². The number of anilines is 1. The van der Waals surface area contributed by atoms with Crippen LogP contribution >= 0.6 is 11.8 Å². The SMILES string of the molecule is CCOC(=O)C1(n2cnc3c(N4CCCCC4)ncnc32)CSCC1O. The van der Waals surface area contributed by atoms with Gasteiger partial charge in [-0.05, 0) is 26.2 Å². The molecule has 0 aromatic carbocycles. The van der Waals surface area contributed by atoms with Crippen LogP contribution in [0.2, 0.25) is 0 Å². The highest BCUT2D eigenvalue weighted by atomic mass is 32.2. The summed E-state index contributed by atoms with van der Waals surface area (Å²) in [7, 11) is 0. The van der Waals surface area contributed by atoms with Gasteiger partial charge in [-0.1, -0.05) is 0 Å². The third-order valence-corrected chi connectivity index (χ3v) is 6.37. The first-order chi connectivity index (χ1) is 12.7. The van der Waals surface area contributed by atoms with Gasteiger partial charge in [0.25, 0.3) is 0 Å². The van der Waals surface area contributed by atoms with Crippen LogP contribution in [0.5, 0.6) is 0 Å². The third-order valence-electron chi connectivity index (χ3n) is 5.18. The Bertz CT molecular complexity index is 807. The average Bonchev–Trinajstić information content (AvgIpc) is 3.26. The Kier molecular flexibility index (Phi) is 4.74. The highest BCUT2D eigenvalue weighted by Crippen LogP contribution is 2.39. The Hall–Kier alpha value is -1.87. The molecule has 8 nitrogen and oxygen atoms in total. The molecule has 4 heterocycles. The largest absolute Gasteiger partial charge is 0.464 e. The van der Waals surface area contributed by atoms with Crippen LogP contribution in [-0.4, -0.2) is 67.9 Å². The van der Waals surface area contributed by atoms with Crippen molar-refractivity contribution in [3.63, 3.8) is 0 Å². The number of esters is 1. The minimum absolute atomic E-state index is 0.263. The van der Waals surface area contributed by atoms with Gasteiger partial charge in [0.15, 0.2) is 22.5 Å². The molecule has 0 aliphatic carbocycles. The number of carbonyl (C=O) groups is 1. The lowest BCUT2D eigenvalue weighted by Gasteiger charge is -2.31. The van der Waals surface area contributed by atoms with Crippen LogP contribution in [0.3, 0.4) is 0 Å². The maximum absolute atomic E-state index is 12.8. The van der Waals surface area contributed by atoms with Crippen molar-refractivity contribution in [2.45, 2.75) is 37.8 Å². The first-order valence-electron chi connectivity index (χ1n) is 9.05. The van der Waals surface area contributed by atoms with Gasteiger partial charge in [-0.2, -0.15) is 11.8 Å². The van der Waals surface area contributed by atoms with E-state index in [1.54, 1.807) is 17.8 Å². The number of rotatable bonds is 4. The zero-order chi connectivity index (χ0) is 18.1. The predicted molar refractivity (Wildman–Crippen MR) is 99.3 cm³/mol. The van der Waals surface area contributed by atoms with Gasteiger partial charge in [0.2, 0.25) is 0 Å². The lowest BCUT2D eigenvalue weighted by Crippen LogP contribution is -2.51. The molecule has 2 aliphatic rings. The molecule has 2 unspecified atom stereocenters. The number of thioether (sulfide) groups is 1. The van der Waals surface area contributed by atoms with Crippen LogP contribution in [0, 0.1) is 0 Å². The minimum atomic E-state index is -1.19. The van der Waals surface area contributed by atoms with E-state index in [9.17, 15) is 9.90 Å². The predicted octanol–water partition coefficient (Wildman–Crippen LogP) is 1.18. The summed E-state index contributed by atoms with van der Waals surface area (Å²) >= 11 is 1.53. The summed E-state index contributed by atoms with van der Waals surface area (Å²) in [4.78, 5) is 28.4. The molecule has 2 aromatic heterocycles. The molecule has 2 atom stereocenters. The third kappa shape index (κ3) is 2.64. The quantitative estimate of drug-likeness (QED) is 0.794. The highest BCUT2D eigenvalue weighted by Gasteiger charge is 2.53. The fraction of sp³-hybridized carbons (Fsp3) is 0.647. The van der Waals surface area contributed by atoms with Crippen LogP contribution in [0.1, 0.15) is 26.2 Å². The zero-order valence-corrected chi connectivity index (χ0v) is 15.6. The lowest BCUT2D eigenvalue weighted by atomic mass is 9.95. The molecule has 0 saturated carbocycles. The van der Waals surface area contributed by atoms with Gasteiger partial charge >= 0.3 is 5.97 Å². The molecular formula is C17H23N5O3S. The molecule has 1 N–H and O–H groups in total. The van der Waals surface area contributed by atoms with Gasteiger partial charge in [0.05, 0.1) is 19.0 Å². The van der Waals surface area contributed by atoms with Crippen molar-refractivity contribution in [1.82, 2.24) is 19.5 Å². The number of hydrogen-bond donors (Lipinski definition) is 1. The van der Waals surface area contributed by atoms with Crippen LogP contribution in [0.4, 0.5) is 5.82 Å². The van der Waals surface area contributed by atoms with E-state index >= 15 is 0 Å². The van der Waals surface area contributed by atoms with Crippen LogP contribution < -0.4 is 4.90 Å². The smallest absolute Gasteiger partial charge is 0.336 e. The van der Waals surface area contributed by atoms with E-state index in [0.29, 0.717) is 22.7 Å². The van der Waals surface area contributed by atoms with Crippen molar-refractivity contribution in [2.24, 2.45) is 0 Å². The van der Waals surface area contributed by atoms with E-state index in [1.807, 2.05) is 0 Å². The number of aliphatic hydroxyl groups excluding tert-OH is 1. The van der Waals surface area contributed by atoms with E-state index in [2.05, 4.69) is 19.9 Å². The van der Waals surface area contributed by atoms with Gasteiger partial charge in [-0.3, -0.25) is 4.57 Å². The number of hydrogen-bond acceptors (Lipinski definition) is 8. The van der Waals surface area contributed by atoms with Crippen molar-refractivity contribution in [1.29, 1.82) is 0 Å². The Morgan fingerprint density at radius 1 is 1.35 bits per heavy atom. The summed E-state index contributed by atoms with van der Waals surface area (Å²) in [5.74, 6) is 1.27. The molecule has 0 spiro atoms. The van der Waals surface area contributed by atoms with E-state index in [4.69, 9.17) is 4.74 Å². The number of imidazole rings is 1.